The summed E-state index contributed by atoms with van der Waals surface area (Å²) in [6.07, 6.45) is 8.03. The van der Waals surface area contributed by atoms with E-state index in [4.69, 9.17) is 15.9 Å². The molecule has 5 heteroatoms. The Labute approximate surface area is 146 Å². The predicted molar refractivity (Wildman–Crippen MR) is 97.0 cm³/mol. The second-order valence-electron chi connectivity index (χ2n) is 5.85. The number of benzene rings is 2. The number of rotatable bonds is 4. The summed E-state index contributed by atoms with van der Waals surface area (Å²) in [6, 6.07) is 13.5. The van der Waals surface area contributed by atoms with E-state index in [1.807, 2.05) is 42.5 Å². The van der Waals surface area contributed by atoms with Gasteiger partial charge in [0.25, 0.3) is 0 Å². The molecule has 1 saturated heterocycles. The number of fused-ring (bicyclic) bond motifs is 1. The maximum Gasteiger partial charge on any atom is 0.141 e. The highest BCUT2D eigenvalue weighted by Crippen LogP contribution is 2.27. The number of hydrogen-bond acceptors (Lipinski definition) is 5. The van der Waals surface area contributed by atoms with Crippen LogP contribution in [0.15, 0.2) is 48.8 Å². The lowest BCUT2D eigenvalue weighted by molar-refractivity contribution is 0.141. The molecule has 1 aromatic heterocycles. The van der Waals surface area contributed by atoms with E-state index in [0.29, 0.717) is 6.61 Å². The van der Waals surface area contributed by atoms with Gasteiger partial charge in [-0.1, -0.05) is 12.0 Å². The SMILES string of the molecule is C#Cc1cccc(Nc2ncnc3cc(OC4CCOC4)ccc23)c1. The fraction of sp³-hybridized carbons (Fsp3) is 0.200. The van der Waals surface area contributed by atoms with Crippen LogP contribution in [0.4, 0.5) is 11.5 Å². The van der Waals surface area contributed by atoms with Gasteiger partial charge in [-0.3, -0.25) is 0 Å². The minimum atomic E-state index is 0.114. The van der Waals surface area contributed by atoms with Crippen LogP contribution in [0.5, 0.6) is 5.75 Å². The van der Waals surface area contributed by atoms with Crippen LogP contribution >= 0.6 is 0 Å². The van der Waals surface area contributed by atoms with Gasteiger partial charge in [0.1, 0.15) is 24.0 Å². The molecule has 0 amide bonds. The van der Waals surface area contributed by atoms with Crippen molar-refractivity contribution in [3.05, 3.63) is 54.4 Å². The molecule has 124 valence electrons. The van der Waals surface area contributed by atoms with Crippen molar-refractivity contribution in [2.24, 2.45) is 0 Å². The quantitative estimate of drug-likeness (QED) is 0.741. The molecule has 2 heterocycles. The minimum absolute atomic E-state index is 0.114. The van der Waals surface area contributed by atoms with Gasteiger partial charge in [0.2, 0.25) is 0 Å². The lowest BCUT2D eigenvalue weighted by Crippen LogP contribution is -2.15. The fourth-order valence-corrected chi connectivity index (χ4v) is 2.83. The molecule has 25 heavy (non-hydrogen) atoms. The van der Waals surface area contributed by atoms with Gasteiger partial charge in [0.05, 0.1) is 18.7 Å². The molecule has 1 N–H and O–H groups in total. The van der Waals surface area contributed by atoms with Gasteiger partial charge in [-0.2, -0.15) is 0 Å². The van der Waals surface area contributed by atoms with E-state index in [1.165, 1.54) is 6.33 Å². The zero-order chi connectivity index (χ0) is 17.1. The third-order valence-electron chi connectivity index (χ3n) is 4.09. The normalized spacial score (nSPS) is 16.5. The summed E-state index contributed by atoms with van der Waals surface area (Å²) in [5.41, 5.74) is 2.53. The molecule has 0 aliphatic carbocycles. The highest BCUT2D eigenvalue weighted by atomic mass is 16.5. The van der Waals surface area contributed by atoms with E-state index < -0.39 is 0 Å². The number of ether oxygens (including phenoxy) is 2. The molecule has 4 rings (SSSR count). The lowest BCUT2D eigenvalue weighted by atomic mass is 10.2. The molecule has 0 spiro atoms. The van der Waals surface area contributed by atoms with Crippen molar-refractivity contribution in [2.45, 2.75) is 12.5 Å². The summed E-state index contributed by atoms with van der Waals surface area (Å²) in [5.74, 6) is 4.16. The summed E-state index contributed by atoms with van der Waals surface area (Å²) < 4.78 is 11.3. The molecule has 1 fully saturated rings. The van der Waals surface area contributed by atoms with Crippen LogP contribution in [-0.4, -0.2) is 29.3 Å². The van der Waals surface area contributed by atoms with Crippen molar-refractivity contribution < 1.29 is 9.47 Å². The van der Waals surface area contributed by atoms with Crippen molar-refractivity contribution in [3.63, 3.8) is 0 Å². The predicted octanol–water partition coefficient (Wildman–Crippen LogP) is 3.52. The molecule has 5 nitrogen and oxygen atoms in total. The topological polar surface area (TPSA) is 56.3 Å². The van der Waals surface area contributed by atoms with Gasteiger partial charge in [0.15, 0.2) is 0 Å². The molecule has 3 aromatic rings. The molecule has 0 saturated carbocycles. The third-order valence-corrected chi connectivity index (χ3v) is 4.09. The lowest BCUT2D eigenvalue weighted by Gasteiger charge is -2.13. The Balaban J connectivity index is 1.62. The van der Waals surface area contributed by atoms with Crippen LogP contribution in [0.1, 0.15) is 12.0 Å². The first-order chi connectivity index (χ1) is 12.3. The zero-order valence-corrected chi connectivity index (χ0v) is 13.6. The zero-order valence-electron chi connectivity index (χ0n) is 13.6. The number of terminal acetylenes is 1. The summed E-state index contributed by atoms with van der Waals surface area (Å²) in [6.45, 7) is 1.39. The molecular formula is C20H17N3O2. The molecular weight excluding hydrogens is 314 g/mol. The van der Waals surface area contributed by atoms with Crippen molar-refractivity contribution >= 4 is 22.4 Å². The number of aromatic nitrogens is 2. The largest absolute Gasteiger partial charge is 0.488 e. The Morgan fingerprint density at radius 2 is 2.16 bits per heavy atom. The van der Waals surface area contributed by atoms with Gasteiger partial charge in [0, 0.05) is 29.1 Å². The Morgan fingerprint density at radius 1 is 1.20 bits per heavy atom. The first-order valence-corrected chi connectivity index (χ1v) is 8.15. The highest BCUT2D eigenvalue weighted by molar-refractivity contribution is 5.91. The highest BCUT2D eigenvalue weighted by Gasteiger charge is 2.17. The van der Waals surface area contributed by atoms with Gasteiger partial charge in [-0.05, 0) is 30.3 Å². The van der Waals surface area contributed by atoms with Crippen molar-refractivity contribution in [3.8, 4) is 18.1 Å². The first kappa shape index (κ1) is 15.4. The molecule has 0 radical (unpaired) electrons. The molecule has 1 unspecified atom stereocenters. The Morgan fingerprint density at radius 3 is 3.00 bits per heavy atom. The van der Waals surface area contributed by atoms with Crippen LogP contribution in [0.3, 0.4) is 0 Å². The monoisotopic (exact) mass is 331 g/mol. The number of hydrogen-bond donors (Lipinski definition) is 1. The van der Waals surface area contributed by atoms with E-state index >= 15 is 0 Å². The maximum absolute atomic E-state index is 5.94. The second-order valence-corrected chi connectivity index (χ2v) is 5.85. The maximum atomic E-state index is 5.94. The van der Waals surface area contributed by atoms with Crippen LogP contribution in [0, 0.1) is 12.3 Å². The van der Waals surface area contributed by atoms with Gasteiger partial charge in [-0.25, -0.2) is 9.97 Å². The second kappa shape index (κ2) is 6.80. The van der Waals surface area contributed by atoms with E-state index in [2.05, 4.69) is 21.2 Å². The summed E-state index contributed by atoms with van der Waals surface area (Å²) in [7, 11) is 0. The molecule has 2 aromatic carbocycles. The van der Waals surface area contributed by atoms with Crippen LogP contribution in [0.25, 0.3) is 10.9 Å². The standard InChI is InChI=1S/C20H17N3O2/c1-2-14-4-3-5-15(10-14)23-20-18-7-6-16(11-19(18)21-13-22-20)25-17-8-9-24-12-17/h1,3-7,10-11,13,17H,8-9,12H2,(H,21,22,23). The summed E-state index contributed by atoms with van der Waals surface area (Å²) >= 11 is 0. The molecule has 0 bridgehead atoms. The van der Waals surface area contributed by atoms with Crippen LogP contribution in [-0.2, 0) is 4.74 Å². The van der Waals surface area contributed by atoms with Gasteiger partial charge >= 0.3 is 0 Å². The molecule has 1 atom stereocenters. The average molecular weight is 331 g/mol. The average Bonchev–Trinajstić information content (AvgIpc) is 3.15. The van der Waals surface area contributed by atoms with E-state index in [-0.39, 0.29) is 6.10 Å². The van der Waals surface area contributed by atoms with Gasteiger partial charge < -0.3 is 14.8 Å². The van der Waals surface area contributed by atoms with E-state index in [0.717, 1.165) is 46.7 Å². The number of nitrogens with one attached hydrogen (secondary N) is 1. The van der Waals surface area contributed by atoms with E-state index in [1.54, 1.807) is 0 Å². The fourth-order valence-electron chi connectivity index (χ4n) is 2.83. The smallest absolute Gasteiger partial charge is 0.141 e. The first-order valence-electron chi connectivity index (χ1n) is 8.15. The van der Waals surface area contributed by atoms with Gasteiger partial charge in [-0.15, -0.1) is 6.42 Å². The van der Waals surface area contributed by atoms with Crippen LogP contribution in [0.2, 0.25) is 0 Å². The van der Waals surface area contributed by atoms with Crippen molar-refractivity contribution in [1.82, 2.24) is 9.97 Å². The van der Waals surface area contributed by atoms with Crippen molar-refractivity contribution in [1.29, 1.82) is 0 Å². The Bertz CT molecular complexity index is 943. The Hall–Kier alpha value is -3.10. The van der Waals surface area contributed by atoms with E-state index in [9.17, 15) is 0 Å². The number of nitrogens with zero attached hydrogens (tertiary/aromatic N) is 2. The third kappa shape index (κ3) is 3.39. The minimum Gasteiger partial charge on any atom is -0.488 e. The Kier molecular flexibility index (Phi) is 4.19. The summed E-state index contributed by atoms with van der Waals surface area (Å²) in [4.78, 5) is 8.71. The number of anilines is 2. The summed E-state index contributed by atoms with van der Waals surface area (Å²) in [5, 5.41) is 4.23. The van der Waals surface area contributed by atoms with Crippen molar-refractivity contribution in [2.75, 3.05) is 18.5 Å². The molecule has 1 aliphatic rings. The van der Waals surface area contributed by atoms with Crippen LogP contribution < -0.4 is 10.1 Å². The molecule has 1 aliphatic heterocycles.